The summed E-state index contributed by atoms with van der Waals surface area (Å²) in [5, 5.41) is 35.9. The van der Waals surface area contributed by atoms with E-state index in [4.69, 9.17) is 20.4 Å². The molecule has 11 heteroatoms. The van der Waals surface area contributed by atoms with Crippen molar-refractivity contribution in [2.75, 3.05) is 6.61 Å². The Balaban J connectivity index is 0. The zero-order valence-electron chi connectivity index (χ0n) is 8.58. The van der Waals surface area contributed by atoms with E-state index in [0.29, 0.717) is 0 Å². The number of aliphatic hydroxyl groups is 4. The summed E-state index contributed by atoms with van der Waals surface area (Å²) >= 11 is 0. The van der Waals surface area contributed by atoms with Crippen molar-refractivity contribution in [2.45, 2.75) is 24.4 Å². The quantitative estimate of drug-likeness (QED) is 0.203. The van der Waals surface area contributed by atoms with Gasteiger partial charge in [0, 0.05) is 0 Å². The molecule has 17 heavy (non-hydrogen) atoms. The van der Waals surface area contributed by atoms with Gasteiger partial charge in [0.1, 0.15) is 24.4 Å². The topological polar surface area (TPSA) is 170 Å². The smallest absolute Gasteiger partial charge is 0.790 e. The molecule has 0 saturated carbocycles. The van der Waals surface area contributed by atoms with Gasteiger partial charge >= 0.3 is 23.1 Å². The zero-order chi connectivity index (χ0) is 12.9. The molecule has 0 fully saturated rings. The minimum atomic E-state index is -5.30. The molecule has 4 N–H and O–H groups in total. The number of rotatable bonds is 7. The van der Waals surface area contributed by atoms with Crippen molar-refractivity contribution in [3.63, 3.8) is 0 Å². The van der Waals surface area contributed by atoms with Crippen LogP contribution in [0.5, 0.6) is 0 Å². The number of phosphoric acid groups is 1. The third-order valence-corrected chi connectivity index (χ3v) is 2.10. The minimum Gasteiger partial charge on any atom is -0.790 e. The molecule has 0 saturated heterocycles. The average molecular weight is 282 g/mol. The number of aliphatic hydroxyl groups excluding tert-OH is 4. The molecule has 0 aromatic rings. The molecule has 0 amide bonds. The molecule has 0 aliphatic heterocycles. The Kier molecular flexibility index (Phi) is 9.84. The van der Waals surface area contributed by atoms with E-state index in [0.717, 1.165) is 0 Å². The zero-order valence-corrected chi connectivity index (χ0v) is 10.9. The molecule has 4 atom stereocenters. The van der Waals surface area contributed by atoms with E-state index < -0.39 is 38.8 Å². The number of carbonyl (C=O) groups is 1. The summed E-state index contributed by atoms with van der Waals surface area (Å²) in [6, 6.07) is 0. The molecule has 0 bridgehead atoms. The minimum absolute atomic E-state index is 0. The van der Waals surface area contributed by atoms with Crippen molar-refractivity contribution in [1.29, 1.82) is 0 Å². The third kappa shape index (κ3) is 8.16. The van der Waals surface area contributed by atoms with Crippen LogP contribution in [0.4, 0.5) is 0 Å². The van der Waals surface area contributed by atoms with Crippen LogP contribution >= 0.6 is 7.82 Å². The molecule has 0 spiro atoms. The van der Waals surface area contributed by atoms with E-state index in [1.807, 2.05) is 0 Å². The Hall–Kier alpha value is 0.386. The first-order valence-corrected chi connectivity index (χ1v) is 5.49. The molecule has 96 valence electrons. The summed E-state index contributed by atoms with van der Waals surface area (Å²) in [4.78, 5) is 30.0. The standard InChI is InChI=1S/C6H13O9P.Mg/c7-1-3(8)5(10)6(11)4(9)2-15-16(12,13)14;/h1,3-6,8-11H,2H2,(H2,12,13,14);/q;+2/p-2/t3-,4+,5+,6+;/m0./s1. The number of hydrogen-bond donors (Lipinski definition) is 4. The van der Waals surface area contributed by atoms with Crippen LogP contribution in [0.25, 0.3) is 0 Å². The maximum atomic E-state index is 10.0. The monoisotopic (exact) mass is 282 g/mol. The number of carbonyl (C=O) groups excluding carboxylic acids is 1. The van der Waals surface area contributed by atoms with Crippen LogP contribution < -0.4 is 9.79 Å². The van der Waals surface area contributed by atoms with Crippen LogP contribution in [-0.2, 0) is 13.9 Å². The SMILES string of the molecule is O=C[C@H](O)[C@@H](O)[C@H](O)[C@H](O)COP(=O)([O-])[O-].[Mg+2]. The van der Waals surface area contributed by atoms with E-state index in [1.54, 1.807) is 0 Å². The van der Waals surface area contributed by atoms with Gasteiger partial charge in [0.25, 0.3) is 0 Å². The number of hydrogen-bond acceptors (Lipinski definition) is 9. The van der Waals surface area contributed by atoms with Gasteiger partial charge in [-0.3, -0.25) is 0 Å². The number of aldehydes is 1. The van der Waals surface area contributed by atoms with Crippen LogP contribution in [0.1, 0.15) is 0 Å². The van der Waals surface area contributed by atoms with Gasteiger partial charge in [-0.2, -0.15) is 0 Å². The van der Waals surface area contributed by atoms with E-state index in [-0.39, 0.29) is 29.3 Å². The molecule has 0 aliphatic carbocycles. The Labute approximate surface area is 112 Å². The van der Waals surface area contributed by atoms with E-state index in [9.17, 15) is 19.1 Å². The van der Waals surface area contributed by atoms with Gasteiger partial charge in [0.05, 0.1) is 14.4 Å². The molecule has 0 aromatic carbocycles. The van der Waals surface area contributed by atoms with Crippen molar-refractivity contribution in [2.24, 2.45) is 0 Å². The average Bonchev–Trinajstić information content (AvgIpc) is 2.21. The van der Waals surface area contributed by atoms with E-state index >= 15 is 0 Å². The normalized spacial score (nSPS) is 18.7. The molecule has 0 unspecified atom stereocenters. The van der Waals surface area contributed by atoms with Crippen LogP contribution in [0.15, 0.2) is 0 Å². The summed E-state index contributed by atoms with van der Waals surface area (Å²) in [7, 11) is -5.30. The Morgan fingerprint density at radius 3 is 2.00 bits per heavy atom. The maximum absolute atomic E-state index is 10.0. The second-order valence-corrected chi connectivity index (χ2v) is 4.07. The molecule has 9 nitrogen and oxygen atoms in total. The van der Waals surface area contributed by atoms with E-state index in [2.05, 4.69) is 4.52 Å². The predicted molar refractivity (Wildman–Crippen MR) is 49.4 cm³/mol. The molecule has 0 rings (SSSR count). The van der Waals surface area contributed by atoms with Crippen LogP contribution in [-0.4, -0.2) is 80.8 Å². The Morgan fingerprint density at radius 1 is 1.18 bits per heavy atom. The first-order valence-electron chi connectivity index (χ1n) is 4.03. The Bertz CT molecular complexity index is 268. The molecule has 0 radical (unpaired) electrons. The largest absolute Gasteiger partial charge is 2.00 e. The second-order valence-electron chi connectivity index (χ2n) is 2.92. The van der Waals surface area contributed by atoms with E-state index in [1.165, 1.54) is 0 Å². The van der Waals surface area contributed by atoms with Crippen LogP contribution in [0, 0.1) is 0 Å². The van der Waals surface area contributed by atoms with Crippen molar-refractivity contribution in [3.8, 4) is 0 Å². The summed E-state index contributed by atoms with van der Waals surface area (Å²) < 4.78 is 13.6. The van der Waals surface area contributed by atoms with Gasteiger partial charge in [0.15, 0.2) is 6.29 Å². The van der Waals surface area contributed by atoms with Gasteiger partial charge in [-0.05, 0) is 0 Å². The molecular weight excluding hydrogens is 271 g/mol. The summed E-state index contributed by atoms with van der Waals surface area (Å²) in [5.74, 6) is 0. The third-order valence-electron chi connectivity index (χ3n) is 1.64. The van der Waals surface area contributed by atoms with Crippen molar-refractivity contribution < 1.29 is 44.1 Å². The van der Waals surface area contributed by atoms with Gasteiger partial charge < -0.3 is 44.1 Å². The predicted octanol–water partition coefficient (Wildman–Crippen LogP) is -4.91. The summed E-state index contributed by atoms with van der Waals surface area (Å²) in [5.41, 5.74) is 0. The van der Waals surface area contributed by atoms with Crippen molar-refractivity contribution in [1.82, 2.24) is 0 Å². The van der Waals surface area contributed by atoms with Gasteiger partial charge in [0.2, 0.25) is 0 Å². The fourth-order valence-corrected chi connectivity index (χ4v) is 1.11. The molecular formula is C6H11MgO9P. The first-order chi connectivity index (χ1) is 7.19. The van der Waals surface area contributed by atoms with Crippen molar-refractivity contribution in [3.05, 3.63) is 0 Å². The summed E-state index contributed by atoms with van der Waals surface area (Å²) in [6.45, 7) is -1.09. The van der Waals surface area contributed by atoms with Crippen molar-refractivity contribution >= 4 is 37.2 Å². The van der Waals surface area contributed by atoms with Gasteiger partial charge in [-0.15, -0.1) is 0 Å². The van der Waals surface area contributed by atoms with Gasteiger partial charge in [-0.1, -0.05) is 0 Å². The summed E-state index contributed by atoms with van der Waals surface area (Å²) in [6.07, 6.45) is -8.04. The Morgan fingerprint density at radius 2 is 1.65 bits per heavy atom. The fourth-order valence-electron chi connectivity index (χ4n) is 0.776. The first kappa shape index (κ1) is 19.7. The molecule has 0 aromatic heterocycles. The second kappa shape index (κ2) is 8.48. The fraction of sp³-hybridized carbons (Fsp3) is 0.833. The van der Waals surface area contributed by atoms with Crippen LogP contribution in [0.2, 0.25) is 0 Å². The molecule has 0 heterocycles. The van der Waals surface area contributed by atoms with Gasteiger partial charge in [-0.25, -0.2) is 0 Å². The maximum Gasteiger partial charge on any atom is 2.00 e. The van der Waals surface area contributed by atoms with Crippen LogP contribution in [0.3, 0.4) is 0 Å². The molecule has 0 aliphatic rings. The number of phosphoric ester groups is 1.